The van der Waals surface area contributed by atoms with Gasteiger partial charge in [-0.25, -0.2) is 4.98 Å². The zero-order valence-electron chi connectivity index (χ0n) is 11.5. The molecule has 0 aliphatic heterocycles. The summed E-state index contributed by atoms with van der Waals surface area (Å²) >= 11 is 0. The number of para-hydroxylation sites is 1. The van der Waals surface area contributed by atoms with Crippen LogP contribution in [0.1, 0.15) is 0 Å². The molecule has 3 heterocycles. The molecule has 23 heavy (non-hydrogen) atoms. The highest BCUT2D eigenvalue weighted by molar-refractivity contribution is 5.80. The third kappa shape index (κ3) is 2.31. The Hall–Kier alpha value is -3.55. The second-order valence-corrected chi connectivity index (χ2v) is 4.71. The van der Waals surface area contributed by atoms with E-state index in [1.807, 2.05) is 30.3 Å². The molecular weight excluding hydrogens is 300 g/mol. The van der Waals surface area contributed by atoms with E-state index in [1.165, 1.54) is 12.1 Å². The van der Waals surface area contributed by atoms with Crippen LogP contribution in [0, 0.1) is 10.1 Å². The first-order valence-corrected chi connectivity index (χ1v) is 6.65. The average Bonchev–Trinajstić information content (AvgIpc) is 3.23. The lowest BCUT2D eigenvalue weighted by Gasteiger charge is -1.97. The maximum atomic E-state index is 10.6. The molecule has 3 aromatic heterocycles. The minimum absolute atomic E-state index is 0.128. The largest absolute Gasteiger partial charge is 0.433 e. The molecule has 0 aliphatic carbocycles. The molecule has 0 fully saturated rings. The summed E-state index contributed by atoms with van der Waals surface area (Å²) in [6, 6.07) is 14.0. The number of nitrogens with zero attached hydrogens (tertiary/aromatic N) is 4. The van der Waals surface area contributed by atoms with E-state index in [1.54, 1.807) is 6.07 Å². The smallest absolute Gasteiger partial charge is 0.397 e. The normalized spacial score (nSPS) is 11.0. The van der Waals surface area contributed by atoms with Crippen LogP contribution < -0.4 is 0 Å². The van der Waals surface area contributed by atoms with Gasteiger partial charge in [0.1, 0.15) is 10.6 Å². The van der Waals surface area contributed by atoms with Gasteiger partial charge >= 0.3 is 5.88 Å². The van der Waals surface area contributed by atoms with Gasteiger partial charge in [0.25, 0.3) is 5.89 Å². The zero-order valence-corrected chi connectivity index (χ0v) is 11.5. The standard InChI is InChI=1S/C15H8N4O4/c20-19(21)13-8-7-12(22-13)14-17-15(23-18-14)11-6-5-9-3-1-2-4-10(9)16-11/h1-8H. The number of pyridine rings is 1. The van der Waals surface area contributed by atoms with Crippen molar-refractivity contribution in [2.75, 3.05) is 0 Å². The molecule has 0 saturated heterocycles. The van der Waals surface area contributed by atoms with E-state index in [0.29, 0.717) is 5.69 Å². The molecule has 8 nitrogen and oxygen atoms in total. The summed E-state index contributed by atoms with van der Waals surface area (Å²) in [5, 5.41) is 15.4. The van der Waals surface area contributed by atoms with Crippen molar-refractivity contribution in [2.24, 2.45) is 0 Å². The Balaban J connectivity index is 1.72. The van der Waals surface area contributed by atoms with Gasteiger partial charge in [-0.05, 0) is 18.2 Å². The van der Waals surface area contributed by atoms with Gasteiger partial charge in [0.2, 0.25) is 5.82 Å². The minimum atomic E-state index is -0.630. The van der Waals surface area contributed by atoms with Gasteiger partial charge in [-0.2, -0.15) is 4.98 Å². The highest BCUT2D eigenvalue weighted by atomic mass is 16.6. The molecule has 4 rings (SSSR count). The van der Waals surface area contributed by atoms with Crippen LogP contribution in [0.3, 0.4) is 0 Å². The van der Waals surface area contributed by atoms with E-state index in [4.69, 9.17) is 8.94 Å². The third-order valence-electron chi connectivity index (χ3n) is 3.24. The summed E-state index contributed by atoms with van der Waals surface area (Å²) in [5.41, 5.74) is 1.32. The Morgan fingerprint density at radius 1 is 1.00 bits per heavy atom. The summed E-state index contributed by atoms with van der Waals surface area (Å²) in [7, 11) is 0. The number of furan rings is 1. The number of aromatic nitrogens is 3. The van der Waals surface area contributed by atoms with Crippen molar-refractivity contribution in [3.8, 4) is 23.2 Å². The summed E-state index contributed by atoms with van der Waals surface area (Å²) in [5.74, 6) is 0.121. The van der Waals surface area contributed by atoms with Gasteiger partial charge in [0.15, 0.2) is 5.76 Å². The Kier molecular flexibility index (Phi) is 2.87. The van der Waals surface area contributed by atoms with Crippen LogP contribution in [0.5, 0.6) is 0 Å². The maximum Gasteiger partial charge on any atom is 0.433 e. The Morgan fingerprint density at radius 2 is 1.87 bits per heavy atom. The van der Waals surface area contributed by atoms with Crippen LogP contribution >= 0.6 is 0 Å². The predicted molar refractivity (Wildman–Crippen MR) is 79.4 cm³/mol. The number of nitro groups is 1. The fourth-order valence-corrected chi connectivity index (χ4v) is 2.16. The monoisotopic (exact) mass is 308 g/mol. The van der Waals surface area contributed by atoms with Crippen molar-refractivity contribution >= 4 is 16.8 Å². The van der Waals surface area contributed by atoms with Gasteiger partial charge in [-0.15, -0.1) is 0 Å². The maximum absolute atomic E-state index is 10.6. The highest BCUT2D eigenvalue weighted by Gasteiger charge is 2.18. The molecule has 1 aromatic carbocycles. The molecule has 4 aromatic rings. The fourth-order valence-electron chi connectivity index (χ4n) is 2.16. The van der Waals surface area contributed by atoms with Gasteiger partial charge < -0.3 is 8.94 Å². The highest BCUT2D eigenvalue weighted by Crippen LogP contribution is 2.26. The SMILES string of the molecule is O=[N+]([O-])c1ccc(-c2noc(-c3ccc4ccccc4n3)n2)o1. The summed E-state index contributed by atoms with van der Waals surface area (Å²) in [6.07, 6.45) is 0. The van der Waals surface area contributed by atoms with Crippen LogP contribution in [-0.4, -0.2) is 20.0 Å². The molecular formula is C15H8N4O4. The van der Waals surface area contributed by atoms with Crippen molar-refractivity contribution in [3.05, 3.63) is 58.6 Å². The number of rotatable bonds is 3. The van der Waals surface area contributed by atoms with Crippen molar-refractivity contribution < 1.29 is 13.9 Å². The summed E-state index contributed by atoms with van der Waals surface area (Å²) < 4.78 is 10.2. The number of hydrogen-bond donors (Lipinski definition) is 0. The van der Waals surface area contributed by atoms with Crippen LogP contribution in [0.25, 0.3) is 34.1 Å². The number of hydrogen-bond acceptors (Lipinski definition) is 7. The lowest BCUT2D eigenvalue weighted by Crippen LogP contribution is -1.85. The van der Waals surface area contributed by atoms with Crippen molar-refractivity contribution in [1.29, 1.82) is 0 Å². The fraction of sp³-hybridized carbons (Fsp3) is 0. The Bertz CT molecular complexity index is 1020. The Morgan fingerprint density at radius 3 is 2.70 bits per heavy atom. The first kappa shape index (κ1) is 13.1. The molecule has 0 aliphatic rings. The molecule has 112 valence electrons. The first-order chi connectivity index (χ1) is 11.2. The van der Waals surface area contributed by atoms with E-state index >= 15 is 0 Å². The van der Waals surface area contributed by atoms with Crippen molar-refractivity contribution in [2.45, 2.75) is 0 Å². The molecule has 0 radical (unpaired) electrons. The summed E-state index contributed by atoms with van der Waals surface area (Å²) in [6.45, 7) is 0. The van der Waals surface area contributed by atoms with Crippen molar-refractivity contribution in [3.63, 3.8) is 0 Å². The predicted octanol–water partition coefficient (Wildman–Crippen LogP) is 3.45. The lowest BCUT2D eigenvalue weighted by atomic mass is 10.2. The van der Waals surface area contributed by atoms with Crippen LogP contribution in [0.15, 0.2) is 57.5 Å². The molecule has 0 bridgehead atoms. The topological polar surface area (TPSA) is 108 Å². The van der Waals surface area contributed by atoms with E-state index < -0.39 is 4.92 Å². The van der Waals surface area contributed by atoms with E-state index in [2.05, 4.69) is 15.1 Å². The first-order valence-electron chi connectivity index (χ1n) is 6.65. The molecule has 0 atom stereocenters. The molecule has 0 N–H and O–H groups in total. The molecule has 0 spiro atoms. The minimum Gasteiger partial charge on any atom is -0.397 e. The van der Waals surface area contributed by atoms with Gasteiger partial charge in [0, 0.05) is 5.39 Å². The molecule has 8 heteroatoms. The zero-order chi connectivity index (χ0) is 15.8. The van der Waals surface area contributed by atoms with Crippen LogP contribution in [-0.2, 0) is 0 Å². The second kappa shape index (κ2) is 5.02. The summed E-state index contributed by atoms with van der Waals surface area (Å²) in [4.78, 5) is 18.6. The van der Waals surface area contributed by atoms with Crippen LogP contribution in [0.2, 0.25) is 0 Å². The number of fused-ring (bicyclic) bond motifs is 1. The van der Waals surface area contributed by atoms with E-state index in [9.17, 15) is 10.1 Å². The average molecular weight is 308 g/mol. The second-order valence-electron chi connectivity index (χ2n) is 4.71. The van der Waals surface area contributed by atoms with Gasteiger partial charge in [-0.3, -0.25) is 10.1 Å². The van der Waals surface area contributed by atoms with E-state index in [-0.39, 0.29) is 23.4 Å². The van der Waals surface area contributed by atoms with Gasteiger partial charge in [-0.1, -0.05) is 29.4 Å². The van der Waals surface area contributed by atoms with Crippen molar-refractivity contribution in [1.82, 2.24) is 15.1 Å². The molecule has 0 unspecified atom stereocenters. The number of benzene rings is 1. The quantitative estimate of drug-likeness (QED) is 0.421. The molecule has 0 saturated carbocycles. The Labute approximate surface area is 128 Å². The third-order valence-corrected chi connectivity index (χ3v) is 3.24. The molecule has 0 amide bonds. The van der Waals surface area contributed by atoms with Gasteiger partial charge in [0.05, 0.1) is 11.6 Å². The lowest BCUT2D eigenvalue weighted by molar-refractivity contribution is -0.401. The van der Waals surface area contributed by atoms with Crippen LogP contribution in [0.4, 0.5) is 5.88 Å². The van der Waals surface area contributed by atoms with E-state index in [0.717, 1.165) is 10.9 Å².